The molecule has 2 heterocycles. The van der Waals surface area contributed by atoms with Crippen LogP contribution in [0.25, 0.3) is 10.4 Å². The van der Waals surface area contributed by atoms with Crippen molar-refractivity contribution in [2.24, 2.45) is 5.92 Å². The van der Waals surface area contributed by atoms with Gasteiger partial charge in [-0.2, -0.15) is 0 Å². The molecule has 1 unspecified atom stereocenters. The summed E-state index contributed by atoms with van der Waals surface area (Å²) < 4.78 is 28.5. The van der Waals surface area contributed by atoms with Crippen molar-refractivity contribution in [3.05, 3.63) is 88.2 Å². The minimum atomic E-state index is -0.771. The molecule has 12 heteroatoms. The van der Waals surface area contributed by atoms with Crippen LogP contribution in [0.5, 0.6) is 23.0 Å². The minimum absolute atomic E-state index is 0.0223. The number of rotatable bonds is 13. The van der Waals surface area contributed by atoms with Crippen LogP contribution in [0.3, 0.4) is 0 Å². The molecule has 5 rings (SSSR count). The fourth-order valence-corrected chi connectivity index (χ4v) is 7.08. The summed E-state index contributed by atoms with van der Waals surface area (Å²) in [6, 6.07) is 23.9. The summed E-state index contributed by atoms with van der Waals surface area (Å²) in [5.74, 6) is 0.508. The van der Waals surface area contributed by atoms with Crippen LogP contribution >= 0.6 is 27.3 Å². The summed E-state index contributed by atoms with van der Waals surface area (Å²) in [7, 11) is 1.28. The Bertz CT molecular complexity index is 1690. The maximum Gasteiger partial charge on any atom is 0.351 e. The van der Waals surface area contributed by atoms with E-state index in [4.69, 9.17) is 23.7 Å². The zero-order valence-electron chi connectivity index (χ0n) is 26.0. The molecular weight excluding hydrogens is 688 g/mol. The van der Waals surface area contributed by atoms with Gasteiger partial charge in [0.15, 0.2) is 23.3 Å². The van der Waals surface area contributed by atoms with Crippen molar-refractivity contribution < 1.29 is 38.1 Å². The minimum Gasteiger partial charge on any atom is -0.480 e. The molecule has 1 amide bonds. The Morgan fingerprint density at radius 1 is 0.957 bits per heavy atom. The zero-order valence-corrected chi connectivity index (χ0v) is 28.4. The first-order chi connectivity index (χ1) is 22.9. The summed E-state index contributed by atoms with van der Waals surface area (Å²) in [4.78, 5) is 39.2. The molecule has 0 bridgehead atoms. The quantitative estimate of drug-likeness (QED) is 0.139. The van der Waals surface area contributed by atoms with E-state index in [2.05, 4.69) is 26.6 Å². The number of hydrogen-bond donors (Lipinski definition) is 2. The largest absolute Gasteiger partial charge is 0.480 e. The number of para-hydroxylation sites is 1. The molecule has 0 radical (unpaired) electrons. The van der Waals surface area contributed by atoms with Crippen molar-refractivity contribution >= 4 is 50.8 Å². The van der Waals surface area contributed by atoms with Gasteiger partial charge in [-0.15, -0.1) is 11.3 Å². The average molecular weight is 724 g/mol. The second-order valence-electron chi connectivity index (χ2n) is 10.6. The second-order valence-corrected chi connectivity index (χ2v) is 12.4. The van der Waals surface area contributed by atoms with Gasteiger partial charge in [0, 0.05) is 17.7 Å². The number of halogens is 1. The number of ether oxygens (including phenoxy) is 5. The van der Waals surface area contributed by atoms with Crippen LogP contribution < -0.4 is 24.8 Å². The third-order valence-electron chi connectivity index (χ3n) is 7.33. The van der Waals surface area contributed by atoms with Crippen LogP contribution in [0.4, 0.5) is 5.69 Å². The van der Waals surface area contributed by atoms with E-state index in [1.54, 1.807) is 19.1 Å². The number of carbonyl (C=O) groups is 3. The number of piperidine rings is 1. The Labute approximate surface area is 285 Å². The van der Waals surface area contributed by atoms with E-state index in [0.717, 1.165) is 37.3 Å². The molecule has 1 aliphatic heterocycles. The summed E-state index contributed by atoms with van der Waals surface area (Å²) in [6.07, 6.45) is 0.774. The van der Waals surface area contributed by atoms with Gasteiger partial charge < -0.3 is 34.3 Å². The van der Waals surface area contributed by atoms with Gasteiger partial charge in [-0.25, -0.2) is 9.59 Å². The molecule has 3 aromatic carbocycles. The maximum absolute atomic E-state index is 13.8. The lowest BCUT2D eigenvalue weighted by Crippen LogP contribution is -2.44. The molecule has 0 spiro atoms. The van der Waals surface area contributed by atoms with Gasteiger partial charge in [0.1, 0.15) is 17.2 Å². The van der Waals surface area contributed by atoms with E-state index in [1.165, 1.54) is 7.11 Å². The van der Waals surface area contributed by atoms with Crippen LogP contribution in [-0.4, -0.2) is 57.4 Å². The van der Waals surface area contributed by atoms with E-state index >= 15 is 0 Å². The average Bonchev–Trinajstić information content (AvgIpc) is 3.42. The van der Waals surface area contributed by atoms with Crippen molar-refractivity contribution in [3.8, 4) is 33.4 Å². The highest BCUT2D eigenvalue weighted by atomic mass is 79.9. The SMILES string of the molecule is CCOC(=O)COc1c(C(=O)OC)sc(-c2cccc(OC(C(=O)Nc3cccc(Oc4ccccc4)c3)C3CCNCC3)c2)c1Br. The van der Waals surface area contributed by atoms with Crippen LogP contribution in [0.2, 0.25) is 0 Å². The highest BCUT2D eigenvalue weighted by Crippen LogP contribution is 2.46. The first-order valence-corrected chi connectivity index (χ1v) is 16.8. The fourth-order valence-electron chi connectivity index (χ4n) is 5.11. The zero-order chi connectivity index (χ0) is 33.2. The molecule has 0 saturated carbocycles. The molecule has 4 aromatic rings. The van der Waals surface area contributed by atoms with Gasteiger partial charge in [0.2, 0.25) is 0 Å². The number of amides is 1. The Kier molecular flexibility index (Phi) is 11.9. The Morgan fingerprint density at radius 3 is 2.43 bits per heavy atom. The fraction of sp³-hybridized carbons (Fsp3) is 0.286. The molecule has 1 fully saturated rings. The van der Waals surface area contributed by atoms with Gasteiger partial charge >= 0.3 is 11.9 Å². The van der Waals surface area contributed by atoms with E-state index in [-0.39, 0.29) is 35.7 Å². The van der Waals surface area contributed by atoms with Crippen molar-refractivity contribution in [1.82, 2.24) is 5.32 Å². The predicted octanol–water partition coefficient (Wildman–Crippen LogP) is 7.08. The van der Waals surface area contributed by atoms with E-state index in [1.807, 2.05) is 66.7 Å². The molecule has 1 aliphatic rings. The van der Waals surface area contributed by atoms with Crippen LogP contribution in [0.1, 0.15) is 29.4 Å². The summed E-state index contributed by atoms with van der Waals surface area (Å²) in [5, 5.41) is 6.38. The van der Waals surface area contributed by atoms with Crippen molar-refractivity contribution in [2.75, 3.05) is 38.7 Å². The van der Waals surface area contributed by atoms with E-state index < -0.39 is 18.0 Å². The normalized spacial score (nSPS) is 13.7. The molecule has 246 valence electrons. The lowest BCUT2D eigenvalue weighted by Gasteiger charge is -2.30. The van der Waals surface area contributed by atoms with Gasteiger partial charge in [0.05, 0.1) is 23.1 Å². The summed E-state index contributed by atoms with van der Waals surface area (Å²) >= 11 is 4.70. The van der Waals surface area contributed by atoms with Crippen LogP contribution in [-0.2, 0) is 19.1 Å². The highest BCUT2D eigenvalue weighted by Gasteiger charge is 2.32. The number of esters is 2. The number of methoxy groups -OCH3 is 1. The second kappa shape index (κ2) is 16.4. The van der Waals surface area contributed by atoms with Crippen LogP contribution in [0.15, 0.2) is 83.3 Å². The van der Waals surface area contributed by atoms with Crippen molar-refractivity contribution in [2.45, 2.75) is 25.9 Å². The Morgan fingerprint density at radius 2 is 1.68 bits per heavy atom. The van der Waals surface area contributed by atoms with Gasteiger partial charge in [0.25, 0.3) is 5.91 Å². The number of benzene rings is 3. The number of thiophene rings is 1. The first-order valence-electron chi connectivity index (χ1n) is 15.2. The first kappa shape index (κ1) is 34.0. The highest BCUT2D eigenvalue weighted by molar-refractivity contribution is 9.10. The third-order valence-corrected chi connectivity index (χ3v) is 9.55. The smallest absolute Gasteiger partial charge is 0.351 e. The van der Waals surface area contributed by atoms with E-state index in [0.29, 0.717) is 37.8 Å². The molecule has 47 heavy (non-hydrogen) atoms. The maximum atomic E-state index is 13.8. The van der Waals surface area contributed by atoms with Crippen LogP contribution in [0, 0.1) is 5.92 Å². The van der Waals surface area contributed by atoms with Gasteiger partial charge in [-0.05, 0) is 90.7 Å². The third kappa shape index (κ3) is 8.91. The Hall–Kier alpha value is -4.39. The Balaban J connectivity index is 1.38. The van der Waals surface area contributed by atoms with Gasteiger partial charge in [-0.1, -0.05) is 36.4 Å². The topological polar surface area (TPSA) is 121 Å². The molecule has 1 aromatic heterocycles. The monoisotopic (exact) mass is 722 g/mol. The molecule has 1 saturated heterocycles. The van der Waals surface area contributed by atoms with Crippen molar-refractivity contribution in [3.63, 3.8) is 0 Å². The molecule has 2 N–H and O–H groups in total. The molecule has 10 nitrogen and oxygen atoms in total. The standard InChI is InChI=1S/C35H35BrN2O8S/c1-3-43-28(39)21-44-31-29(36)32(47-33(31)35(41)42-2)23-9-7-13-26(19-23)46-30(22-15-17-37-18-16-22)34(40)38-24-10-8-14-27(20-24)45-25-11-5-4-6-12-25/h4-14,19-20,22,30,37H,3,15-18,21H2,1-2H3,(H,38,40). The number of carbonyl (C=O) groups excluding carboxylic acids is 3. The molecule has 1 atom stereocenters. The lowest BCUT2D eigenvalue weighted by atomic mass is 9.91. The number of anilines is 1. The predicted molar refractivity (Wildman–Crippen MR) is 183 cm³/mol. The van der Waals surface area contributed by atoms with E-state index in [9.17, 15) is 14.4 Å². The number of nitrogens with one attached hydrogen (secondary N) is 2. The van der Waals surface area contributed by atoms with Crippen molar-refractivity contribution in [1.29, 1.82) is 0 Å². The molecular formula is C35H35BrN2O8S. The summed E-state index contributed by atoms with van der Waals surface area (Å²) in [5.41, 5.74) is 1.30. The summed E-state index contributed by atoms with van der Waals surface area (Å²) in [6.45, 7) is 3.10. The van der Waals surface area contributed by atoms with Gasteiger partial charge in [-0.3, -0.25) is 4.79 Å². The number of hydrogen-bond acceptors (Lipinski definition) is 10. The lowest BCUT2D eigenvalue weighted by molar-refractivity contribution is -0.145. The molecule has 0 aliphatic carbocycles.